The van der Waals surface area contributed by atoms with Crippen LogP contribution in [0, 0.1) is 0 Å². The molecule has 1 atom stereocenters. The second kappa shape index (κ2) is 6.46. The number of benzene rings is 1. The molecule has 4 nitrogen and oxygen atoms in total. The highest BCUT2D eigenvalue weighted by molar-refractivity contribution is 6.43. The third-order valence-electron chi connectivity index (χ3n) is 2.97. The summed E-state index contributed by atoms with van der Waals surface area (Å²) in [5.41, 5.74) is 6.20. The Morgan fingerprint density at radius 2 is 2.21 bits per heavy atom. The van der Waals surface area contributed by atoms with Crippen LogP contribution in [0.25, 0.3) is 0 Å². The molecular weight excluding hydrogens is 289 g/mol. The van der Waals surface area contributed by atoms with Crippen molar-refractivity contribution in [2.75, 3.05) is 18.9 Å². The predicted molar refractivity (Wildman–Crippen MR) is 74.7 cm³/mol. The van der Waals surface area contributed by atoms with Crippen molar-refractivity contribution in [2.45, 2.75) is 25.4 Å². The van der Waals surface area contributed by atoms with Gasteiger partial charge in [0, 0.05) is 6.61 Å². The van der Waals surface area contributed by atoms with E-state index in [0.29, 0.717) is 5.56 Å². The summed E-state index contributed by atoms with van der Waals surface area (Å²) in [5.74, 6) is -0.473. The molecule has 0 saturated carbocycles. The second-order valence-electron chi connectivity index (χ2n) is 4.45. The Hall–Kier alpha value is -0.970. The highest BCUT2D eigenvalue weighted by Crippen LogP contribution is 2.29. The molecule has 104 valence electrons. The normalized spacial score (nSPS) is 19.2. The zero-order valence-corrected chi connectivity index (χ0v) is 11.8. The summed E-state index contributed by atoms with van der Waals surface area (Å²) in [6.07, 6.45) is 3.06. The average molecular weight is 304 g/mol. The molecule has 1 unspecified atom stereocenters. The van der Waals surface area contributed by atoms with Gasteiger partial charge < -0.3 is 15.2 Å². The number of nitrogen functional groups attached to an aromatic ring is 1. The van der Waals surface area contributed by atoms with Crippen LogP contribution in [-0.2, 0) is 9.47 Å². The van der Waals surface area contributed by atoms with E-state index in [0.717, 1.165) is 25.9 Å². The summed E-state index contributed by atoms with van der Waals surface area (Å²) >= 11 is 11.7. The number of esters is 1. The van der Waals surface area contributed by atoms with Gasteiger partial charge in [-0.2, -0.15) is 0 Å². The highest BCUT2D eigenvalue weighted by atomic mass is 35.5. The van der Waals surface area contributed by atoms with E-state index in [-0.39, 0.29) is 28.4 Å². The van der Waals surface area contributed by atoms with Gasteiger partial charge in [-0.1, -0.05) is 23.2 Å². The minimum atomic E-state index is -0.473. The van der Waals surface area contributed by atoms with E-state index in [1.54, 1.807) is 0 Å². The van der Waals surface area contributed by atoms with E-state index in [9.17, 15) is 4.79 Å². The summed E-state index contributed by atoms with van der Waals surface area (Å²) in [6.45, 7) is 0.973. The molecule has 1 aromatic rings. The number of rotatable bonds is 3. The van der Waals surface area contributed by atoms with Crippen LogP contribution in [0.2, 0.25) is 10.0 Å². The zero-order valence-electron chi connectivity index (χ0n) is 10.3. The first-order chi connectivity index (χ1) is 9.08. The molecule has 0 radical (unpaired) electrons. The lowest BCUT2D eigenvalue weighted by Gasteiger charge is -2.22. The minimum Gasteiger partial charge on any atom is -0.459 e. The summed E-state index contributed by atoms with van der Waals surface area (Å²) in [7, 11) is 0. The van der Waals surface area contributed by atoms with Crippen molar-refractivity contribution < 1.29 is 14.3 Å². The monoisotopic (exact) mass is 303 g/mol. The summed E-state index contributed by atoms with van der Waals surface area (Å²) in [6, 6.07) is 2.91. The van der Waals surface area contributed by atoms with Crippen LogP contribution >= 0.6 is 23.2 Å². The lowest BCUT2D eigenvalue weighted by molar-refractivity contribution is -0.0300. The fourth-order valence-corrected chi connectivity index (χ4v) is 2.25. The van der Waals surface area contributed by atoms with E-state index in [1.807, 2.05) is 0 Å². The van der Waals surface area contributed by atoms with Gasteiger partial charge in [0.25, 0.3) is 0 Å². The van der Waals surface area contributed by atoms with E-state index in [1.165, 1.54) is 12.1 Å². The molecule has 0 spiro atoms. The van der Waals surface area contributed by atoms with Crippen molar-refractivity contribution in [3.8, 4) is 0 Å². The topological polar surface area (TPSA) is 61.6 Å². The van der Waals surface area contributed by atoms with E-state index < -0.39 is 5.97 Å². The summed E-state index contributed by atoms with van der Waals surface area (Å²) in [5, 5.41) is 0.483. The van der Waals surface area contributed by atoms with Crippen LogP contribution < -0.4 is 5.73 Å². The van der Waals surface area contributed by atoms with Gasteiger partial charge in [0.15, 0.2) is 0 Å². The molecule has 0 aromatic heterocycles. The Morgan fingerprint density at radius 1 is 1.42 bits per heavy atom. The van der Waals surface area contributed by atoms with Crippen molar-refractivity contribution >= 4 is 34.9 Å². The first-order valence-corrected chi connectivity index (χ1v) is 6.87. The number of carbonyl (C=O) groups excluding carboxylic acids is 1. The average Bonchev–Trinajstić information content (AvgIpc) is 2.42. The molecular formula is C13H15Cl2NO3. The number of hydrogen-bond acceptors (Lipinski definition) is 4. The molecule has 0 bridgehead atoms. The maximum Gasteiger partial charge on any atom is 0.338 e. The van der Waals surface area contributed by atoms with Crippen molar-refractivity contribution in [1.29, 1.82) is 0 Å². The number of ether oxygens (including phenoxy) is 2. The van der Waals surface area contributed by atoms with E-state index in [2.05, 4.69) is 0 Å². The van der Waals surface area contributed by atoms with Gasteiger partial charge in [-0.25, -0.2) is 4.79 Å². The third-order valence-corrected chi connectivity index (χ3v) is 3.78. The smallest absolute Gasteiger partial charge is 0.338 e. The Bertz CT molecular complexity index is 450. The van der Waals surface area contributed by atoms with Gasteiger partial charge in [0.05, 0.1) is 27.4 Å². The van der Waals surface area contributed by atoms with Crippen LogP contribution in [0.4, 0.5) is 5.69 Å². The van der Waals surface area contributed by atoms with Gasteiger partial charge in [-0.3, -0.25) is 0 Å². The Morgan fingerprint density at radius 3 is 2.84 bits per heavy atom. The van der Waals surface area contributed by atoms with Gasteiger partial charge in [-0.05, 0) is 31.4 Å². The van der Waals surface area contributed by atoms with Gasteiger partial charge in [0.2, 0.25) is 0 Å². The third kappa shape index (κ3) is 3.75. The number of carbonyl (C=O) groups is 1. The van der Waals surface area contributed by atoms with Crippen LogP contribution in [0.1, 0.15) is 29.6 Å². The minimum absolute atomic E-state index is 0.0159. The fraction of sp³-hybridized carbons (Fsp3) is 0.462. The molecule has 0 aliphatic carbocycles. The molecule has 1 fully saturated rings. The van der Waals surface area contributed by atoms with Crippen LogP contribution in [-0.4, -0.2) is 25.3 Å². The maximum absolute atomic E-state index is 11.9. The molecule has 6 heteroatoms. The van der Waals surface area contributed by atoms with Gasteiger partial charge >= 0.3 is 5.97 Å². The van der Waals surface area contributed by atoms with Crippen LogP contribution in [0.5, 0.6) is 0 Å². The molecule has 0 amide bonds. The van der Waals surface area contributed by atoms with Crippen LogP contribution in [0.15, 0.2) is 12.1 Å². The van der Waals surface area contributed by atoms with E-state index in [4.69, 9.17) is 38.4 Å². The Kier molecular flexibility index (Phi) is 4.91. The molecule has 1 aromatic carbocycles. The highest BCUT2D eigenvalue weighted by Gasteiger charge is 2.18. The Balaban J connectivity index is 1.96. The molecule has 1 heterocycles. The predicted octanol–water partition coefficient (Wildman–Crippen LogP) is 3.30. The van der Waals surface area contributed by atoms with Crippen LogP contribution in [0.3, 0.4) is 0 Å². The summed E-state index contributed by atoms with van der Waals surface area (Å²) < 4.78 is 10.7. The number of anilines is 1. The fourth-order valence-electron chi connectivity index (χ4n) is 1.92. The van der Waals surface area contributed by atoms with Crippen molar-refractivity contribution in [3.05, 3.63) is 27.7 Å². The first kappa shape index (κ1) is 14.4. The van der Waals surface area contributed by atoms with E-state index >= 15 is 0 Å². The number of nitrogens with two attached hydrogens (primary N) is 1. The largest absolute Gasteiger partial charge is 0.459 e. The summed E-state index contributed by atoms with van der Waals surface area (Å²) in [4.78, 5) is 11.9. The van der Waals surface area contributed by atoms with Gasteiger partial charge in [-0.15, -0.1) is 0 Å². The van der Waals surface area contributed by atoms with Crippen molar-refractivity contribution in [2.24, 2.45) is 0 Å². The number of hydrogen-bond donors (Lipinski definition) is 1. The maximum atomic E-state index is 11.9. The van der Waals surface area contributed by atoms with Gasteiger partial charge in [0.1, 0.15) is 6.61 Å². The Labute approximate surface area is 121 Å². The molecule has 2 N–H and O–H groups in total. The zero-order chi connectivity index (χ0) is 13.8. The lowest BCUT2D eigenvalue weighted by atomic mass is 10.1. The quantitative estimate of drug-likeness (QED) is 0.687. The standard InChI is InChI=1S/C13H15Cl2NO3/c14-10-5-8(6-11(16)12(10)15)13(17)19-7-9-3-1-2-4-18-9/h5-6,9H,1-4,7,16H2. The molecule has 19 heavy (non-hydrogen) atoms. The molecule has 2 rings (SSSR count). The number of halogens is 2. The SMILES string of the molecule is Nc1cc(C(=O)OCC2CCCCO2)cc(Cl)c1Cl. The molecule has 1 aliphatic rings. The van der Waals surface area contributed by atoms with Crippen molar-refractivity contribution in [3.63, 3.8) is 0 Å². The molecule has 1 aliphatic heterocycles. The first-order valence-electron chi connectivity index (χ1n) is 6.11. The second-order valence-corrected chi connectivity index (χ2v) is 5.23. The lowest BCUT2D eigenvalue weighted by Crippen LogP contribution is -2.26. The molecule has 1 saturated heterocycles. The van der Waals surface area contributed by atoms with Crippen molar-refractivity contribution in [1.82, 2.24) is 0 Å².